The van der Waals surface area contributed by atoms with Crippen LogP contribution in [0.2, 0.25) is 0 Å². The molecule has 0 aromatic heterocycles. The van der Waals surface area contributed by atoms with Gasteiger partial charge in [0.1, 0.15) is 0 Å². The van der Waals surface area contributed by atoms with Gasteiger partial charge in [0.2, 0.25) is 0 Å². The molecule has 0 atom stereocenters. The van der Waals surface area contributed by atoms with E-state index in [0.717, 1.165) is 54.9 Å². The molecule has 190 valence electrons. The Balaban J connectivity index is 0.00000578. The van der Waals surface area contributed by atoms with Crippen molar-refractivity contribution in [3.8, 4) is 0 Å². The summed E-state index contributed by atoms with van der Waals surface area (Å²) in [5, 5.41) is 0. The van der Waals surface area contributed by atoms with Gasteiger partial charge >= 0.3 is 0 Å². The third-order valence-electron chi connectivity index (χ3n) is 6.13. The smallest absolute Gasteiger partial charge is 0.0639 e. The summed E-state index contributed by atoms with van der Waals surface area (Å²) in [5.41, 5.74) is 9.69. The normalized spacial score (nSPS) is 12.1. The quantitative estimate of drug-likeness (QED) is 0.139. The summed E-state index contributed by atoms with van der Waals surface area (Å²) in [6.45, 7) is 13.2. The van der Waals surface area contributed by atoms with Gasteiger partial charge in [-0.15, -0.1) is 0 Å². The predicted octanol–water partition coefficient (Wildman–Crippen LogP) is 9.82. The van der Waals surface area contributed by atoms with Gasteiger partial charge in [-0.3, -0.25) is 9.98 Å². The van der Waals surface area contributed by atoms with Crippen LogP contribution in [0.4, 0.5) is 11.4 Å². The largest absolute Gasteiger partial charge is 0.252 e. The van der Waals surface area contributed by atoms with Crippen molar-refractivity contribution in [1.82, 2.24) is 0 Å². The second-order valence-corrected chi connectivity index (χ2v) is 9.63. The molecule has 3 heteroatoms. The van der Waals surface area contributed by atoms with E-state index in [1.165, 1.54) is 60.8 Å². The molecule has 34 heavy (non-hydrogen) atoms. The number of benzene rings is 2. The maximum Gasteiger partial charge on any atom is 0.0639 e. The number of aliphatic imine (C=N–C) groups is 2. The standard InChI is InChI=1S/C31H46N2.Ni/c1-7-10-13-15-27-21-28(16-14-11-8-2)23-30(22-27)33-31(17-12-9-3)26(6)32-29-19-24(4)18-25(5)20-29;/h18-23H,7-17H2,1-6H3;/b32-26+,33-31+;. The Labute approximate surface area is 219 Å². The van der Waals surface area contributed by atoms with Crippen molar-refractivity contribution >= 4 is 22.8 Å². The van der Waals surface area contributed by atoms with E-state index < -0.39 is 0 Å². The molecule has 0 saturated carbocycles. The minimum absolute atomic E-state index is 0. The third kappa shape index (κ3) is 11.1. The average molecular weight is 505 g/mol. The van der Waals surface area contributed by atoms with Crippen molar-refractivity contribution in [3.05, 3.63) is 58.7 Å². The third-order valence-corrected chi connectivity index (χ3v) is 6.13. The molecule has 0 spiro atoms. The molecule has 0 unspecified atom stereocenters. The number of hydrogen-bond acceptors (Lipinski definition) is 2. The van der Waals surface area contributed by atoms with E-state index >= 15 is 0 Å². The van der Waals surface area contributed by atoms with Gasteiger partial charge in [0.25, 0.3) is 0 Å². The van der Waals surface area contributed by atoms with E-state index in [2.05, 4.69) is 77.9 Å². The van der Waals surface area contributed by atoms with Crippen LogP contribution in [0.25, 0.3) is 0 Å². The zero-order valence-corrected chi connectivity index (χ0v) is 23.4. The SMILES string of the molecule is CCCCCc1cc(CCCCC)cc(/N=C(CCCC)/C(C)=N/c2cc(C)cc(C)c2)c1.[Ni]. The molecule has 0 fully saturated rings. The van der Waals surface area contributed by atoms with Crippen LogP contribution in [0.1, 0.15) is 108 Å². The average Bonchev–Trinajstić information content (AvgIpc) is 2.76. The monoisotopic (exact) mass is 504 g/mol. The van der Waals surface area contributed by atoms with E-state index in [4.69, 9.17) is 9.98 Å². The van der Waals surface area contributed by atoms with E-state index in [9.17, 15) is 0 Å². The van der Waals surface area contributed by atoms with Crippen molar-refractivity contribution in [2.24, 2.45) is 9.98 Å². The number of hydrogen-bond donors (Lipinski definition) is 0. The molecule has 2 aromatic rings. The summed E-state index contributed by atoms with van der Waals surface area (Å²) in [6.07, 6.45) is 13.2. The van der Waals surface area contributed by atoms with E-state index in [1.807, 2.05) is 0 Å². The van der Waals surface area contributed by atoms with E-state index in [1.54, 1.807) is 0 Å². The van der Waals surface area contributed by atoms with E-state index in [-0.39, 0.29) is 16.5 Å². The summed E-state index contributed by atoms with van der Waals surface area (Å²) in [5.74, 6) is 0. The number of aryl methyl sites for hydroxylation is 4. The van der Waals surface area contributed by atoms with Gasteiger partial charge in [-0.25, -0.2) is 0 Å². The van der Waals surface area contributed by atoms with Crippen molar-refractivity contribution in [3.63, 3.8) is 0 Å². The van der Waals surface area contributed by atoms with Crippen LogP contribution in [0.5, 0.6) is 0 Å². The molecule has 2 aromatic carbocycles. The summed E-state index contributed by atoms with van der Waals surface area (Å²) >= 11 is 0. The predicted molar refractivity (Wildman–Crippen MR) is 148 cm³/mol. The molecular formula is C31H46N2Ni. The van der Waals surface area contributed by atoms with Gasteiger partial charge in [-0.05, 0) is 106 Å². The van der Waals surface area contributed by atoms with E-state index in [0.29, 0.717) is 0 Å². The zero-order valence-electron chi connectivity index (χ0n) is 22.5. The Morgan fingerprint density at radius 3 is 1.62 bits per heavy atom. The molecule has 0 bridgehead atoms. The van der Waals surface area contributed by atoms with Gasteiger partial charge in [0.15, 0.2) is 0 Å². The Hall–Kier alpha value is -1.73. The first-order valence-electron chi connectivity index (χ1n) is 13.3. The Kier molecular flexibility index (Phi) is 15.0. The second kappa shape index (κ2) is 16.8. The van der Waals surface area contributed by atoms with Crippen LogP contribution in [-0.4, -0.2) is 11.4 Å². The molecule has 0 N–H and O–H groups in total. The molecule has 0 aliphatic heterocycles. The number of rotatable bonds is 14. The van der Waals surface area contributed by atoms with Gasteiger partial charge in [-0.1, -0.05) is 65.0 Å². The second-order valence-electron chi connectivity index (χ2n) is 9.63. The van der Waals surface area contributed by atoms with Crippen LogP contribution in [-0.2, 0) is 29.3 Å². The molecular weight excluding hydrogens is 459 g/mol. The molecule has 2 rings (SSSR count). The topological polar surface area (TPSA) is 24.7 Å². The first kappa shape index (κ1) is 30.3. The Morgan fingerprint density at radius 1 is 0.618 bits per heavy atom. The maximum atomic E-state index is 5.20. The first-order valence-corrected chi connectivity index (χ1v) is 13.3. The number of nitrogens with zero attached hydrogens (tertiary/aromatic N) is 2. The molecule has 2 nitrogen and oxygen atoms in total. The van der Waals surface area contributed by atoms with Gasteiger partial charge in [0, 0.05) is 16.5 Å². The van der Waals surface area contributed by atoms with Crippen LogP contribution < -0.4 is 0 Å². The summed E-state index contributed by atoms with van der Waals surface area (Å²) < 4.78 is 0. The van der Waals surface area contributed by atoms with Crippen molar-refractivity contribution in [1.29, 1.82) is 0 Å². The minimum Gasteiger partial charge on any atom is -0.252 e. The fraction of sp³-hybridized carbons (Fsp3) is 0.548. The molecule has 0 radical (unpaired) electrons. The van der Waals surface area contributed by atoms with Crippen molar-refractivity contribution < 1.29 is 16.5 Å². The fourth-order valence-electron chi connectivity index (χ4n) is 4.35. The van der Waals surface area contributed by atoms with Gasteiger partial charge < -0.3 is 0 Å². The van der Waals surface area contributed by atoms with Crippen molar-refractivity contribution in [2.45, 2.75) is 112 Å². The summed E-state index contributed by atoms with van der Waals surface area (Å²) in [7, 11) is 0. The number of unbranched alkanes of at least 4 members (excludes halogenated alkanes) is 5. The van der Waals surface area contributed by atoms with Crippen molar-refractivity contribution in [2.75, 3.05) is 0 Å². The van der Waals surface area contributed by atoms with Gasteiger partial charge in [0.05, 0.1) is 22.8 Å². The summed E-state index contributed by atoms with van der Waals surface area (Å²) in [6, 6.07) is 13.6. The Morgan fingerprint density at radius 2 is 1.12 bits per heavy atom. The zero-order chi connectivity index (χ0) is 24.1. The van der Waals surface area contributed by atoms with Crippen LogP contribution in [0, 0.1) is 13.8 Å². The molecule has 0 aliphatic rings. The summed E-state index contributed by atoms with van der Waals surface area (Å²) in [4.78, 5) is 10.2. The molecule has 0 amide bonds. The molecule has 0 aliphatic carbocycles. The van der Waals surface area contributed by atoms with Crippen LogP contribution >= 0.6 is 0 Å². The molecule has 0 heterocycles. The maximum absolute atomic E-state index is 5.20. The minimum atomic E-state index is 0. The van der Waals surface area contributed by atoms with Gasteiger partial charge in [-0.2, -0.15) is 0 Å². The first-order chi connectivity index (χ1) is 15.9. The Bertz CT molecular complexity index is 879. The van der Waals surface area contributed by atoms with Crippen LogP contribution in [0.15, 0.2) is 46.4 Å². The van der Waals surface area contributed by atoms with Crippen LogP contribution in [0.3, 0.4) is 0 Å². The molecule has 0 saturated heterocycles. The fourth-order valence-corrected chi connectivity index (χ4v) is 4.35.